The van der Waals surface area contributed by atoms with Gasteiger partial charge in [-0.25, -0.2) is 5.43 Å². The van der Waals surface area contributed by atoms with Gasteiger partial charge in [-0.15, -0.1) is 0 Å². The first kappa shape index (κ1) is 20.1. The summed E-state index contributed by atoms with van der Waals surface area (Å²) in [6.45, 7) is 5.56. The first-order valence-corrected chi connectivity index (χ1v) is 8.72. The van der Waals surface area contributed by atoms with E-state index >= 15 is 0 Å². The molecule has 0 saturated heterocycles. The molecule has 2 rings (SSSR count). The molecule has 0 aliphatic heterocycles. The van der Waals surface area contributed by atoms with Crippen LogP contribution in [0.1, 0.15) is 36.7 Å². The number of carbonyl (C=O) groups excluding carboxylic acids is 1. The molecular weight excluding hydrogens is 375 g/mol. The minimum atomic E-state index is -0.378. The van der Waals surface area contributed by atoms with Crippen LogP contribution in [0.5, 0.6) is 11.5 Å². The summed E-state index contributed by atoms with van der Waals surface area (Å²) in [5.41, 5.74) is 4.09. The molecule has 0 saturated carbocycles. The smallest absolute Gasteiger partial charge is 0.271 e. The molecule has 2 aromatic carbocycles. The Kier molecular flexibility index (Phi) is 6.89. The monoisotopic (exact) mass is 394 g/mol. The van der Waals surface area contributed by atoms with Crippen LogP contribution in [0.3, 0.4) is 0 Å². The zero-order chi connectivity index (χ0) is 19.3. The van der Waals surface area contributed by atoms with Crippen molar-refractivity contribution in [3.8, 4) is 11.5 Å². The standard InChI is InChI=1S/C19H20Cl2N2O3/c1-11(2)26-17-8-5-13(9-18(17)25-4)19(24)23-22-12(3)15-10-14(20)6-7-16(15)21/h5-11H,1-4H3,(H,23,24)/b22-12-. The highest BCUT2D eigenvalue weighted by molar-refractivity contribution is 6.36. The first-order valence-electron chi connectivity index (χ1n) is 7.96. The maximum atomic E-state index is 12.4. The summed E-state index contributed by atoms with van der Waals surface area (Å²) in [6.07, 6.45) is -0.00160. The Morgan fingerprint density at radius 2 is 1.85 bits per heavy atom. The van der Waals surface area contributed by atoms with E-state index in [0.29, 0.717) is 38.4 Å². The fourth-order valence-corrected chi connectivity index (χ4v) is 2.62. The molecule has 138 valence electrons. The molecular formula is C19H20Cl2N2O3. The van der Waals surface area contributed by atoms with Crippen LogP contribution in [-0.2, 0) is 0 Å². The lowest BCUT2D eigenvalue weighted by atomic mass is 10.1. The number of carbonyl (C=O) groups is 1. The van der Waals surface area contributed by atoms with Crippen LogP contribution in [-0.4, -0.2) is 24.8 Å². The number of amides is 1. The van der Waals surface area contributed by atoms with Crippen molar-refractivity contribution in [3.05, 3.63) is 57.6 Å². The molecule has 2 aromatic rings. The van der Waals surface area contributed by atoms with Crippen molar-refractivity contribution in [2.24, 2.45) is 5.10 Å². The zero-order valence-corrected chi connectivity index (χ0v) is 16.5. The van der Waals surface area contributed by atoms with Crippen LogP contribution in [0.15, 0.2) is 41.5 Å². The highest BCUT2D eigenvalue weighted by Crippen LogP contribution is 2.29. The average molecular weight is 395 g/mol. The van der Waals surface area contributed by atoms with Crippen LogP contribution in [0.25, 0.3) is 0 Å². The van der Waals surface area contributed by atoms with Gasteiger partial charge in [0.2, 0.25) is 0 Å². The topological polar surface area (TPSA) is 59.9 Å². The van der Waals surface area contributed by atoms with E-state index in [-0.39, 0.29) is 12.0 Å². The predicted octanol–water partition coefficient (Wildman–Crippen LogP) is 4.94. The highest BCUT2D eigenvalue weighted by Gasteiger charge is 2.12. The Morgan fingerprint density at radius 1 is 1.12 bits per heavy atom. The summed E-state index contributed by atoms with van der Waals surface area (Å²) >= 11 is 12.1. The summed E-state index contributed by atoms with van der Waals surface area (Å²) in [7, 11) is 1.52. The van der Waals surface area contributed by atoms with Crippen molar-refractivity contribution in [2.45, 2.75) is 26.9 Å². The van der Waals surface area contributed by atoms with Gasteiger partial charge in [-0.2, -0.15) is 5.10 Å². The normalized spacial score (nSPS) is 11.4. The molecule has 0 atom stereocenters. The van der Waals surface area contributed by atoms with E-state index in [1.165, 1.54) is 7.11 Å². The van der Waals surface area contributed by atoms with E-state index < -0.39 is 0 Å². The fraction of sp³-hybridized carbons (Fsp3) is 0.263. The average Bonchev–Trinajstić information content (AvgIpc) is 2.61. The number of hydrogen-bond donors (Lipinski definition) is 1. The SMILES string of the molecule is COc1cc(C(=O)N/N=C(/C)c2cc(Cl)ccc2Cl)ccc1OC(C)C. The minimum absolute atomic E-state index is 0.00160. The number of rotatable bonds is 6. The molecule has 0 aromatic heterocycles. The zero-order valence-electron chi connectivity index (χ0n) is 15.0. The third kappa shape index (κ3) is 5.13. The Bertz CT molecular complexity index is 836. The molecule has 26 heavy (non-hydrogen) atoms. The Morgan fingerprint density at radius 3 is 2.50 bits per heavy atom. The number of nitrogens with zero attached hydrogens (tertiary/aromatic N) is 1. The van der Waals surface area contributed by atoms with Crippen molar-refractivity contribution >= 4 is 34.8 Å². The summed E-state index contributed by atoms with van der Waals surface area (Å²) in [5.74, 6) is 0.672. The van der Waals surface area contributed by atoms with Gasteiger partial charge >= 0.3 is 0 Å². The summed E-state index contributed by atoms with van der Waals surface area (Å²) in [4.78, 5) is 12.4. The first-order chi connectivity index (χ1) is 12.3. The second kappa shape index (κ2) is 8.92. The maximum Gasteiger partial charge on any atom is 0.271 e. The predicted molar refractivity (Wildman–Crippen MR) is 105 cm³/mol. The van der Waals surface area contributed by atoms with E-state index in [0.717, 1.165) is 0 Å². The molecule has 0 spiro atoms. The number of halogens is 2. The van der Waals surface area contributed by atoms with Crippen molar-refractivity contribution < 1.29 is 14.3 Å². The molecule has 0 radical (unpaired) electrons. The maximum absolute atomic E-state index is 12.4. The highest BCUT2D eigenvalue weighted by atomic mass is 35.5. The second-order valence-electron chi connectivity index (χ2n) is 5.79. The van der Waals surface area contributed by atoms with Crippen molar-refractivity contribution in [3.63, 3.8) is 0 Å². The molecule has 7 heteroatoms. The number of ether oxygens (including phenoxy) is 2. The molecule has 1 amide bonds. The summed E-state index contributed by atoms with van der Waals surface area (Å²) < 4.78 is 10.9. The number of methoxy groups -OCH3 is 1. The molecule has 0 bridgehead atoms. The lowest BCUT2D eigenvalue weighted by molar-refractivity contribution is 0.0954. The van der Waals surface area contributed by atoms with Gasteiger partial charge in [-0.3, -0.25) is 4.79 Å². The van der Waals surface area contributed by atoms with Crippen LogP contribution < -0.4 is 14.9 Å². The van der Waals surface area contributed by atoms with Crippen LogP contribution in [0, 0.1) is 0 Å². The minimum Gasteiger partial charge on any atom is -0.493 e. The number of nitrogens with one attached hydrogen (secondary N) is 1. The van der Waals surface area contributed by atoms with E-state index in [1.807, 2.05) is 13.8 Å². The third-order valence-electron chi connectivity index (χ3n) is 3.43. The van der Waals surface area contributed by atoms with Crippen molar-refractivity contribution in [1.82, 2.24) is 5.43 Å². The van der Waals surface area contributed by atoms with Gasteiger partial charge < -0.3 is 9.47 Å². The van der Waals surface area contributed by atoms with Crippen LogP contribution in [0.2, 0.25) is 10.0 Å². The van der Waals surface area contributed by atoms with Crippen molar-refractivity contribution in [2.75, 3.05) is 7.11 Å². The molecule has 0 aliphatic rings. The summed E-state index contributed by atoms with van der Waals surface area (Å²) in [6, 6.07) is 10.00. The quantitative estimate of drug-likeness (QED) is 0.557. The summed E-state index contributed by atoms with van der Waals surface area (Å²) in [5, 5.41) is 5.14. The van der Waals surface area contributed by atoms with E-state index in [1.54, 1.807) is 43.3 Å². The molecule has 0 unspecified atom stereocenters. The Labute approximate surface area is 162 Å². The van der Waals surface area contributed by atoms with Gasteiger partial charge in [0.25, 0.3) is 5.91 Å². The van der Waals surface area contributed by atoms with Gasteiger partial charge in [0.1, 0.15) is 0 Å². The lowest BCUT2D eigenvalue weighted by Crippen LogP contribution is -2.19. The van der Waals surface area contributed by atoms with Gasteiger partial charge in [-0.1, -0.05) is 23.2 Å². The van der Waals surface area contributed by atoms with Crippen LogP contribution >= 0.6 is 23.2 Å². The number of benzene rings is 2. The van der Waals surface area contributed by atoms with Gasteiger partial charge in [0.05, 0.1) is 18.9 Å². The third-order valence-corrected chi connectivity index (χ3v) is 4.00. The van der Waals surface area contributed by atoms with E-state index in [2.05, 4.69) is 10.5 Å². The molecule has 5 nitrogen and oxygen atoms in total. The molecule has 0 aliphatic carbocycles. The largest absolute Gasteiger partial charge is 0.493 e. The van der Waals surface area contributed by atoms with E-state index in [9.17, 15) is 4.79 Å². The van der Waals surface area contributed by atoms with Gasteiger partial charge in [0.15, 0.2) is 11.5 Å². The molecule has 0 fully saturated rings. The van der Waals surface area contributed by atoms with Gasteiger partial charge in [0, 0.05) is 21.2 Å². The Balaban J connectivity index is 2.18. The van der Waals surface area contributed by atoms with Crippen LogP contribution in [0.4, 0.5) is 0 Å². The van der Waals surface area contributed by atoms with E-state index in [4.69, 9.17) is 32.7 Å². The van der Waals surface area contributed by atoms with Crippen molar-refractivity contribution in [1.29, 1.82) is 0 Å². The molecule has 0 heterocycles. The Hall–Kier alpha value is -2.24. The fourth-order valence-electron chi connectivity index (χ4n) is 2.19. The number of hydrazone groups is 1. The second-order valence-corrected chi connectivity index (χ2v) is 6.64. The number of hydrogen-bond acceptors (Lipinski definition) is 4. The lowest BCUT2D eigenvalue weighted by Gasteiger charge is -2.14. The molecule has 1 N–H and O–H groups in total. The van der Waals surface area contributed by atoms with Gasteiger partial charge in [-0.05, 0) is 57.2 Å².